The summed E-state index contributed by atoms with van der Waals surface area (Å²) in [6.45, 7) is 3.82. The standard InChI is InChI=1S/C25H31N3O3/c1-31-23-10-6-5-9-22(23)26-15-17-28(18-16-26)25(30)24(29)27-13-11-21(12-14-27)19-20-7-3-2-4-8-20/h2-10,21H,11-19H2,1H3. The maximum atomic E-state index is 12.8. The molecular formula is C25H31N3O3. The summed E-state index contributed by atoms with van der Waals surface area (Å²) in [5.74, 6) is 0.702. The smallest absolute Gasteiger partial charge is 0.312 e. The van der Waals surface area contributed by atoms with Gasteiger partial charge in [0, 0.05) is 39.3 Å². The predicted molar refractivity (Wildman–Crippen MR) is 121 cm³/mol. The number of hydrogen-bond acceptors (Lipinski definition) is 4. The van der Waals surface area contributed by atoms with Crippen molar-refractivity contribution < 1.29 is 14.3 Å². The summed E-state index contributed by atoms with van der Waals surface area (Å²) < 4.78 is 5.45. The first-order valence-corrected chi connectivity index (χ1v) is 11.2. The van der Waals surface area contributed by atoms with Crippen LogP contribution < -0.4 is 9.64 Å². The van der Waals surface area contributed by atoms with Crippen LogP contribution in [0.15, 0.2) is 54.6 Å². The number of rotatable bonds is 4. The lowest BCUT2D eigenvalue weighted by atomic mass is 9.90. The molecule has 0 aromatic heterocycles. The summed E-state index contributed by atoms with van der Waals surface area (Å²) in [5.41, 5.74) is 2.38. The number of nitrogens with zero attached hydrogens (tertiary/aromatic N) is 3. The average Bonchev–Trinajstić information content (AvgIpc) is 2.84. The van der Waals surface area contributed by atoms with Crippen LogP contribution >= 0.6 is 0 Å². The molecule has 0 bridgehead atoms. The molecule has 2 aliphatic rings. The van der Waals surface area contributed by atoms with Crippen LogP contribution in [0.1, 0.15) is 18.4 Å². The molecule has 0 spiro atoms. The molecule has 6 nitrogen and oxygen atoms in total. The first-order valence-electron chi connectivity index (χ1n) is 11.2. The van der Waals surface area contributed by atoms with Gasteiger partial charge in [0.05, 0.1) is 12.8 Å². The van der Waals surface area contributed by atoms with Crippen molar-refractivity contribution in [2.75, 3.05) is 51.3 Å². The Morgan fingerprint density at radius 2 is 1.39 bits per heavy atom. The van der Waals surface area contributed by atoms with Gasteiger partial charge in [0.2, 0.25) is 0 Å². The van der Waals surface area contributed by atoms with Gasteiger partial charge in [0.25, 0.3) is 0 Å². The minimum absolute atomic E-state index is 0.344. The Kier molecular flexibility index (Phi) is 6.75. The van der Waals surface area contributed by atoms with Crippen molar-refractivity contribution in [2.45, 2.75) is 19.3 Å². The summed E-state index contributed by atoms with van der Waals surface area (Å²) in [4.78, 5) is 31.3. The number of amides is 2. The second-order valence-electron chi connectivity index (χ2n) is 8.38. The highest BCUT2D eigenvalue weighted by molar-refractivity contribution is 6.34. The quantitative estimate of drug-likeness (QED) is 0.713. The molecule has 2 aromatic rings. The van der Waals surface area contributed by atoms with Crippen LogP contribution in [0.5, 0.6) is 5.75 Å². The maximum absolute atomic E-state index is 12.8. The Hall–Kier alpha value is -3.02. The van der Waals surface area contributed by atoms with Crippen molar-refractivity contribution in [1.82, 2.24) is 9.80 Å². The third-order valence-corrected chi connectivity index (χ3v) is 6.44. The lowest BCUT2D eigenvalue weighted by molar-refractivity contribution is -0.152. The van der Waals surface area contributed by atoms with Crippen LogP contribution in [-0.4, -0.2) is 68.0 Å². The summed E-state index contributed by atoms with van der Waals surface area (Å²) in [6, 6.07) is 18.4. The molecule has 2 aliphatic heterocycles. The molecule has 2 amide bonds. The van der Waals surface area contributed by atoms with Crippen molar-refractivity contribution in [2.24, 2.45) is 5.92 Å². The number of benzene rings is 2. The second-order valence-corrected chi connectivity index (χ2v) is 8.38. The van der Waals surface area contributed by atoms with Gasteiger partial charge in [0.15, 0.2) is 0 Å². The normalized spacial score (nSPS) is 17.5. The van der Waals surface area contributed by atoms with E-state index in [1.807, 2.05) is 30.3 Å². The lowest BCUT2D eigenvalue weighted by Crippen LogP contribution is -2.54. The van der Waals surface area contributed by atoms with Gasteiger partial charge < -0.3 is 19.4 Å². The molecule has 0 aliphatic carbocycles. The largest absolute Gasteiger partial charge is 0.495 e. The highest BCUT2D eigenvalue weighted by Gasteiger charge is 2.32. The van der Waals surface area contributed by atoms with Gasteiger partial charge in [0.1, 0.15) is 5.75 Å². The Labute approximate surface area is 184 Å². The number of methoxy groups -OCH3 is 1. The van der Waals surface area contributed by atoms with E-state index < -0.39 is 0 Å². The van der Waals surface area contributed by atoms with Crippen LogP contribution in [-0.2, 0) is 16.0 Å². The molecule has 0 saturated carbocycles. The number of piperazine rings is 1. The fourth-order valence-corrected chi connectivity index (χ4v) is 4.60. The summed E-state index contributed by atoms with van der Waals surface area (Å²) in [7, 11) is 1.67. The van der Waals surface area contributed by atoms with E-state index in [4.69, 9.17) is 4.74 Å². The summed E-state index contributed by atoms with van der Waals surface area (Å²) >= 11 is 0. The molecule has 2 aromatic carbocycles. The number of likely N-dealkylation sites (tertiary alicyclic amines) is 1. The number of ether oxygens (including phenoxy) is 1. The second kappa shape index (κ2) is 9.86. The zero-order valence-corrected chi connectivity index (χ0v) is 18.2. The van der Waals surface area contributed by atoms with Gasteiger partial charge in [-0.1, -0.05) is 42.5 Å². The van der Waals surface area contributed by atoms with E-state index in [1.54, 1.807) is 16.9 Å². The van der Waals surface area contributed by atoms with Crippen molar-refractivity contribution in [3.05, 3.63) is 60.2 Å². The van der Waals surface area contributed by atoms with Gasteiger partial charge >= 0.3 is 11.8 Å². The molecule has 4 rings (SSSR count). The number of hydrogen-bond donors (Lipinski definition) is 0. The van der Waals surface area contributed by atoms with Crippen LogP contribution in [0, 0.1) is 5.92 Å². The zero-order valence-electron chi connectivity index (χ0n) is 18.2. The predicted octanol–water partition coefficient (Wildman–Crippen LogP) is 2.83. The summed E-state index contributed by atoms with van der Waals surface area (Å²) in [6.07, 6.45) is 2.95. The Balaban J connectivity index is 1.26. The van der Waals surface area contributed by atoms with Crippen LogP contribution in [0.4, 0.5) is 5.69 Å². The monoisotopic (exact) mass is 421 g/mol. The molecule has 6 heteroatoms. The van der Waals surface area contributed by atoms with E-state index in [0.717, 1.165) is 30.7 Å². The molecule has 0 atom stereocenters. The Morgan fingerprint density at radius 1 is 0.806 bits per heavy atom. The molecule has 164 valence electrons. The first kappa shape index (κ1) is 21.2. The fraction of sp³-hybridized carbons (Fsp3) is 0.440. The molecular weight excluding hydrogens is 390 g/mol. The van der Waals surface area contributed by atoms with Crippen molar-refractivity contribution in [3.63, 3.8) is 0 Å². The number of piperidine rings is 1. The SMILES string of the molecule is COc1ccccc1N1CCN(C(=O)C(=O)N2CCC(Cc3ccccc3)CC2)CC1. The van der Waals surface area contributed by atoms with E-state index >= 15 is 0 Å². The van der Waals surface area contributed by atoms with Gasteiger partial charge in [-0.2, -0.15) is 0 Å². The highest BCUT2D eigenvalue weighted by atomic mass is 16.5. The number of para-hydroxylation sites is 2. The van der Waals surface area contributed by atoms with E-state index in [9.17, 15) is 9.59 Å². The third kappa shape index (κ3) is 5.01. The van der Waals surface area contributed by atoms with E-state index in [0.29, 0.717) is 45.2 Å². The number of anilines is 1. The van der Waals surface area contributed by atoms with E-state index in [2.05, 4.69) is 29.2 Å². The lowest BCUT2D eigenvalue weighted by Gasteiger charge is -2.38. The van der Waals surface area contributed by atoms with Crippen LogP contribution in [0.3, 0.4) is 0 Å². The van der Waals surface area contributed by atoms with Crippen LogP contribution in [0.25, 0.3) is 0 Å². The third-order valence-electron chi connectivity index (χ3n) is 6.44. The number of carbonyl (C=O) groups is 2. The van der Waals surface area contributed by atoms with E-state index in [-0.39, 0.29) is 11.8 Å². The molecule has 2 heterocycles. The minimum Gasteiger partial charge on any atom is -0.495 e. The Bertz CT molecular complexity index is 886. The fourth-order valence-electron chi connectivity index (χ4n) is 4.60. The number of carbonyl (C=O) groups excluding carboxylic acids is 2. The summed E-state index contributed by atoms with van der Waals surface area (Å²) in [5, 5.41) is 0. The van der Waals surface area contributed by atoms with Gasteiger partial charge in [-0.25, -0.2) is 0 Å². The first-order chi connectivity index (χ1) is 15.2. The van der Waals surface area contributed by atoms with Crippen LogP contribution in [0.2, 0.25) is 0 Å². The maximum Gasteiger partial charge on any atom is 0.312 e. The Morgan fingerprint density at radius 3 is 2.03 bits per heavy atom. The van der Waals surface area contributed by atoms with Crippen molar-refractivity contribution >= 4 is 17.5 Å². The topological polar surface area (TPSA) is 53.1 Å². The van der Waals surface area contributed by atoms with E-state index in [1.165, 1.54) is 5.56 Å². The average molecular weight is 422 g/mol. The zero-order chi connectivity index (χ0) is 21.6. The molecule has 2 fully saturated rings. The van der Waals surface area contributed by atoms with Crippen molar-refractivity contribution in [1.29, 1.82) is 0 Å². The molecule has 0 N–H and O–H groups in total. The van der Waals surface area contributed by atoms with Crippen molar-refractivity contribution in [3.8, 4) is 5.75 Å². The molecule has 31 heavy (non-hydrogen) atoms. The van der Waals surface area contributed by atoms with Gasteiger partial charge in [-0.05, 0) is 42.9 Å². The molecule has 0 radical (unpaired) electrons. The molecule has 0 unspecified atom stereocenters. The van der Waals surface area contributed by atoms with Gasteiger partial charge in [-0.3, -0.25) is 9.59 Å². The molecule has 2 saturated heterocycles. The van der Waals surface area contributed by atoms with Gasteiger partial charge in [-0.15, -0.1) is 0 Å². The highest BCUT2D eigenvalue weighted by Crippen LogP contribution is 2.28. The minimum atomic E-state index is -0.360.